The number of ether oxygens (including phenoxy) is 1. The number of benzene rings is 3. The molecule has 2 N–H and O–H groups in total. The summed E-state index contributed by atoms with van der Waals surface area (Å²) in [6, 6.07) is 20.7. The number of alkyl halides is 3. The summed E-state index contributed by atoms with van der Waals surface area (Å²) in [7, 11) is 0. The van der Waals surface area contributed by atoms with Crippen LogP contribution in [-0.4, -0.2) is 39.5 Å². The number of hydrogen-bond donors (Lipinski definition) is 2. The molecule has 1 heterocycles. The molecule has 4 aromatic rings. The molecular weight excluding hydrogens is 518 g/mol. The van der Waals surface area contributed by atoms with Crippen LogP contribution in [0.2, 0.25) is 0 Å². The lowest BCUT2D eigenvalue weighted by Crippen LogP contribution is -2.33. The predicted octanol–water partition coefficient (Wildman–Crippen LogP) is 4.35. The van der Waals surface area contributed by atoms with Gasteiger partial charge in [-0.15, -0.1) is 5.10 Å². The van der Waals surface area contributed by atoms with Gasteiger partial charge in [-0.05, 0) is 47.5 Å². The van der Waals surface area contributed by atoms with E-state index in [1.54, 1.807) is 12.1 Å². The lowest BCUT2D eigenvalue weighted by molar-refractivity contribution is -0.123. The fourth-order valence-electron chi connectivity index (χ4n) is 3.56. The Hall–Kier alpha value is -4.58. The SMILES string of the molecule is O=C(NCC(F)(F)F)c1ccc(-n2nnc(C(=O)NCc3ccc(F)cc3)c2COCc2ccccc2)cc1. The molecule has 0 radical (unpaired) electrons. The Morgan fingerprint density at radius 1 is 0.821 bits per heavy atom. The second kappa shape index (κ2) is 12.3. The molecular formula is C27H23F4N5O3. The van der Waals surface area contributed by atoms with Crippen molar-refractivity contribution in [3.63, 3.8) is 0 Å². The number of nitrogens with zero attached hydrogens (tertiary/aromatic N) is 3. The van der Waals surface area contributed by atoms with Gasteiger partial charge in [0.15, 0.2) is 5.69 Å². The van der Waals surface area contributed by atoms with Crippen molar-refractivity contribution >= 4 is 11.8 Å². The first kappa shape index (κ1) is 27.5. The van der Waals surface area contributed by atoms with E-state index in [0.29, 0.717) is 16.9 Å². The summed E-state index contributed by atoms with van der Waals surface area (Å²) in [4.78, 5) is 25.0. The number of halogens is 4. The van der Waals surface area contributed by atoms with Gasteiger partial charge in [0.2, 0.25) is 0 Å². The molecule has 0 aliphatic heterocycles. The minimum atomic E-state index is -4.53. The van der Waals surface area contributed by atoms with Gasteiger partial charge < -0.3 is 15.4 Å². The average Bonchev–Trinajstić information content (AvgIpc) is 3.35. The number of carbonyl (C=O) groups excluding carboxylic acids is 2. The first-order chi connectivity index (χ1) is 18.7. The van der Waals surface area contributed by atoms with Crippen LogP contribution in [-0.2, 0) is 24.5 Å². The Kier molecular flexibility index (Phi) is 8.67. The summed E-state index contributed by atoms with van der Waals surface area (Å²) in [6.07, 6.45) is -4.53. The molecule has 12 heteroatoms. The quantitative estimate of drug-likeness (QED) is 0.291. The van der Waals surface area contributed by atoms with Crippen LogP contribution in [0.3, 0.4) is 0 Å². The molecule has 0 saturated heterocycles. The zero-order chi connectivity index (χ0) is 27.8. The molecule has 39 heavy (non-hydrogen) atoms. The van der Waals surface area contributed by atoms with E-state index < -0.39 is 30.4 Å². The molecule has 0 bridgehead atoms. The normalized spacial score (nSPS) is 11.3. The van der Waals surface area contributed by atoms with E-state index in [-0.39, 0.29) is 31.0 Å². The smallest absolute Gasteiger partial charge is 0.370 e. The van der Waals surface area contributed by atoms with Crippen molar-refractivity contribution in [2.75, 3.05) is 6.54 Å². The van der Waals surface area contributed by atoms with Gasteiger partial charge in [0.1, 0.15) is 18.1 Å². The van der Waals surface area contributed by atoms with Gasteiger partial charge in [-0.3, -0.25) is 9.59 Å². The van der Waals surface area contributed by atoms with Crippen LogP contribution in [0.5, 0.6) is 0 Å². The molecule has 1 aromatic heterocycles. The second-order valence-corrected chi connectivity index (χ2v) is 8.43. The molecule has 2 amide bonds. The van der Waals surface area contributed by atoms with E-state index in [4.69, 9.17) is 4.74 Å². The zero-order valence-corrected chi connectivity index (χ0v) is 20.4. The summed E-state index contributed by atoms with van der Waals surface area (Å²) < 4.78 is 57.6. The van der Waals surface area contributed by atoms with Crippen molar-refractivity contribution in [1.29, 1.82) is 0 Å². The maximum atomic E-state index is 13.2. The number of carbonyl (C=O) groups is 2. The van der Waals surface area contributed by atoms with Crippen LogP contribution in [0.1, 0.15) is 37.7 Å². The Morgan fingerprint density at radius 3 is 2.18 bits per heavy atom. The topological polar surface area (TPSA) is 98.1 Å². The molecule has 0 spiro atoms. The lowest BCUT2D eigenvalue weighted by Gasteiger charge is -2.11. The second-order valence-electron chi connectivity index (χ2n) is 8.43. The number of nitrogens with one attached hydrogen (secondary N) is 2. The third-order valence-electron chi connectivity index (χ3n) is 5.52. The third kappa shape index (κ3) is 7.71. The van der Waals surface area contributed by atoms with Crippen LogP contribution < -0.4 is 10.6 Å². The molecule has 0 unspecified atom stereocenters. The summed E-state index contributed by atoms with van der Waals surface area (Å²) in [5.41, 5.74) is 2.33. The fourth-order valence-corrected chi connectivity index (χ4v) is 3.56. The Bertz CT molecular complexity index is 1410. The number of hydrogen-bond acceptors (Lipinski definition) is 5. The summed E-state index contributed by atoms with van der Waals surface area (Å²) >= 11 is 0. The van der Waals surface area contributed by atoms with Crippen molar-refractivity contribution in [3.05, 3.63) is 113 Å². The highest BCUT2D eigenvalue weighted by Gasteiger charge is 2.28. The van der Waals surface area contributed by atoms with Gasteiger partial charge in [0.05, 0.1) is 18.9 Å². The number of rotatable bonds is 10. The number of amides is 2. The maximum Gasteiger partial charge on any atom is 0.405 e. The molecule has 3 aromatic carbocycles. The van der Waals surface area contributed by atoms with Crippen molar-refractivity contribution in [2.24, 2.45) is 0 Å². The van der Waals surface area contributed by atoms with Gasteiger partial charge in [-0.25, -0.2) is 9.07 Å². The van der Waals surface area contributed by atoms with E-state index >= 15 is 0 Å². The average molecular weight is 542 g/mol. The van der Waals surface area contributed by atoms with E-state index in [1.165, 1.54) is 41.1 Å². The van der Waals surface area contributed by atoms with Crippen molar-refractivity contribution < 1.29 is 31.9 Å². The molecule has 202 valence electrons. The van der Waals surface area contributed by atoms with Crippen molar-refractivity contribution in [1.82, 2.24) is 25.6 Å². The van der Waals surface area contributed by atoms with Crippen LogP contribution in [0.15, 0.2) is 78.9 Å². The highest BCUT2D eigenvalue weighted by Crippen LogP contribution is 2.18. The molecule has 0 fully saturated rings. The highest BCUT2D eigenvalue weighted by molar-refractivity contribution is 5.94. The Balaban J connectivity index is 1.53. The van der Waals surface area contributed by atoms with Gasteiger partial charge in [0, 0.05) is 12.1 Å². The van der Waals surface area contributed by atoms with Crippen molar-refractivity contribution in [2.45, 2.75) is 25.9 Å². The van der Waals surface area contributed by atoms with E-state index in [1.807, 2.05) is 35.6 Å². The first-order valence-electron chi connectivity index (χ1n) is 11.7. The largest absolute Gasteiger partial charge is 0.405 e. The fraction of sp³-hybridized carbons (Fsp3) is 0.185. The van der Waals surface area contributed by atoms with Gasteiger partial charge in [0.25, 0.3) is 11.8 Å². The first-order valence-corrected chi connectivity index (χ1v) is 11.7. The van der Waals surface area contributed by atoms with Gasteiger partial charge >= 0.3 is 6.18 Å². The van der Waals surface area contributed by atoms with Crippen LogP contribution in [0.25, 0.3) is 5.69 Å². The minimum Gasteiger partial charge on any atom is -0.370 e. The van der Waals surface area contributed by atoms with Crippen molar-refractivity contribution in [3.8, 4) is 5.69 Å². The molecule has 0 atom stereocenters. The van der Waals surface area contributed by atoms with E-state index in [2.05, 4.69) is 15.6 Å². The molecule has 0 aliphatic rings. The Labute approximate surface area is 220 Å². The summed E-state index contributed by atoms with van der Waals surface area (Å²) in [5, 5.41) is 12.6. The lowest BCUT2D eigenvalue weighted by atomic mass is 10.2. The highest BCUT2D eigenvalue weighted by atomic mass is 19.4. The van der Waals surface area contributed by atoms with Gasteiger partial charge in [-0.1, -0.05) is 47.7 Å². The molecule has 4 rings (SSSR count). The predicted molar refractivity (Wildman–Crippen MR) is 132 cm³/mol. The molecule has 0 saturated carbocycles. The standard InChI is InChI=1S/C27H23F4N5O3/c28-21-10-6-18(7-11-21)14-32-26(38)24-23(16-39-15-19-4-2-1-3-5-19)36(35-34-24)22-12-8-20(9-13-22)25(37)33-17-27(29,30)31/h1-13H,14-17H2,(H,32,38)(H,33,37). The van der Waals surface area contributed by atoms with Gasteiger partial charge in [-0.2, -0.15) is 13.2 Å². The van der Waals surface area contributed by atoms with Crippen LogP contribution in [0.4, 0.5) is 17.6 Å². The number of aromatic nitrogens is 3. The zero-order valence-electron chi connectivity index (χ0n) is 20.4. The molecule has 8 nitrogen and oxygen atoms in total. The summed E-state index contributed by atoms with van der Waals surface area (Å²) in [6.45, 7) is -1.12. The van der Waals surface area contributed by atoms with Crippen LogP contribution >= 0.6 is 0 Å². The van der Waals surface area contributed by atoms with E-state index in [0.717, 1.165) is 5.56 Å². The third-order valence-corrected chi connectivity index (χ3v) is 5.52. The molecule has 0 aliphatic carbocycles. The maximum absolute atomic E-state index is 13.2. The minimum absolute atomic E-state index is 0.00262. The van der Waals surface area contributed by atoms with E-state index in [9.17, 15) is 27.2 Å². The van der Waals surface area contributed by atoms with Crippen LogP contribution in [0, 0.1) is 5.82 Å². The Morgan fingerprint density at radius 2 is 1.51 bits per heavy atom. The summed E-state index contributed by atoms with van der Waals surface area (Å²) in [5.74, 6) is -1.81. The monoisotopic (exact) mass is 541 g/mol.